The minimum Gasteiger partial charge on any atom is -0.507 e. The van der Waals surface area contributed by atoms with Gasteiger partial charge in [-0.05, 0) is 18.2 Å². The molecule has 2 rings (SSSR count). The molecule has 0 aliphatic rings. The first-order valence-electron chi connectivity index (χ1n) is 4.60. The summed E-state index contributed by atoms with van der Waals surface area (Å²) in [6.07, 6.45) is 1.53. The Kier molecular flexibility index (Phi) is 3.28. The van der Waals surface area contributed by atoms with Gasteiger partial charge in [-0.3, -0.25) is 0 Å². The van der Waals surface area contributed by atoms with Crippen LogP contribution in [0, 0.1) is 11.8 Å². The third-order valence-electron chi connectivity index (χ3n) is 2.00. The van der Waals surface area contributed by atoms with E-state index in [-0.39, 0.29) is 5.75 Å². The van der Waals surface area contributed by atoms with E-state index in [4.69, 9.17) is 4.52 Å². The van der Waals surface area contributed by atoms with Gasteiger partial charge in [0.25, 0.3) is 0 Å². The molecule has 16 heavy (non-hydrogen) atoms. The number of aromatic nitrogens is 1. The second-order valence-corrected chi connectivity index (χ2v) is 3.60. The third-order valence-corrected chi connectivity index (χ3v) is 2.28. The predicted octanol–water partition coefficient (Wildman–Crippen LogP) is 2.79. The van der Waals surface area contributed by atoms with E-state index in [1.807, 2.05) is 0 Å². The summed E-state index contributed by atoms with van der Waals surface area (Å²) in [7, 11) is 0. The van der Waals surface area contributed by atoms with Gasteiger partial charge in [0.2, 0.25) is 0 Å². The molecule has 2 aromatic rings. The Balaban J connectivity index is 2.45. The van der Waals surface area contributed by atoms with Gasteiger partial charge < -0.3 is 9.63 Å². The Morgan fingerprint density at radius 2 is 2.25 bits per heavy atom. The highest BCUT2D eigenvalue weighted by Gasteiger charge is 2.07. The van der Waals surface area contributed by atoms with Crippen LogP contribution >= 0.6 is 15.9 Å². The van der Waals surface area contributed by atoms with Gasteiger partial charge in [-0.15, -0.1) is 0 Å². The molecule has 0 saturated heterocycles. The van der Waals surface area contributed by atoms with Crippen LogP contribution in [0.2, 0.25) is 0 Å². The van der Waals surface area contributed by atoms with Crippen LogP contribution in [0.4, 0.5) is 0 Å². The van der Waals surface area contributed by atoms with Crippen molar-refractivity contribution in [2.45, 2.75) is 0 Å². The first-order valence-corrected chi connectivity index (χ1v) is 5.72. The van der Waals surface area contributed by atoms with Crippen LogP contribution in [0.25, 0.3) is 11.3 Å². The van der Waals surface area contributed by atoms with E-state index in [0.29, 0.717) is 16.7 Å². The number of nitrogens with zero attached hydrogens (tertiary/aromatic N) is 1. The monoisotopic (exact) mass is 277 g/mol. The standard InChI is InChI=1S/C12H8BrNO2/c13-6-1-2-9-3-4-11(15)10(8-9)12-5-7-14-16-12/h3-5,7-8,15H,6H2. The molecule has 1 aromatic carbocycles. The molecule has 0 amide bonds. The first kappa shape index (κ1) is 10.8. The van der Waals surface area contributed by atoms with Gasteiger partial charge in [0.15, 0.2) is 5.76 Å². The molecular formula is C12H8BrNO2. The molecule has 0 unspecified atom stereocenters. The highest BCUT2D eigenvalue weighted by atomic mass is 79.9. The number of rotatable bonds is 1. The fourth-order valence-electron chi connectivity index (χ4n) is 1.30. The molecule has 80 valence electrons. The number of benzene rings is 1. The quantitative estimate of drug-likeness (QED) is 0.644. The Morgan fingerprint density at radius 3 is 2.94 bits per heavy atom. The highest BCUT2D eigenvalue weighted by molar-refractivity contribution is 9.09. The summed E-state index contributed by atoms with van der Waals surface area (Å²) in [5.74, 6) is 6.53. The lowest BCUT2D eigenvalue weighted by Crippen LogP contribution is -1.80. The summed E-state index contributed by atoms with van der Waals surface area (Å²) in [4.78, 5) is 0. The topological polar surface area (TPSA) is 46.3 Å². The van der Waals surface area contributed by atoms with Crippen LogP contribution in [-0.4, -0.2) is 15.6 Å². The van der Waals surface area contributed by atoms with Crippen molar-refractivity contribution in [1.82, 2.24) is 5.16 Å². The van der Waals surface area contributed by atoms with Crippen LogP contribution in [0.15, 0.2) is 35.0 Å². The van der Waals surface area contributed by atoms with Crippen molar-refractivity contribution in [3.63, 3.8) is 0 Å². The van der Waals surface area contributed by atoms with Gasteiger partial charge in [-0.1, -0.05) is 32.9 Å². The van der Waals surface area contributed by atoms with Crippen LogP contribution in [0.3, 0.4) is 0 Å². The first-order chi connectivity index (χ1) is 7.81. The molecule has 0 saturated carbocycles. The summed E-state index contributed by atoms with van der Waals surface area (Å²) in [6.45, 7) is 0. The number of phenolic OH excluding ortho intramolecular Hbond substituents is 1. The average molecular weight is 278 g/mol. The van der Waals surface area contributed by atoms with Crippen molar-refractivity contribution in [2.24, 2.45) is 0 Å². The SMILES string of the molecule is Oc1ccc(C#CCBr)cc1-c1ccno1. The summed E-state index contributed by atoms with van der Waals surface area (Å²) in [5.41, 5.74) is 1.42. The fourth-order valence-corrected chi connectivity index (χ4v) is 1.44. The summed E-state index contributed by atoms with van der Waals surface area (Å²) in [5, 5.41) is 13.9. The largest absolute Gasteiger partial charge is 0.507 e. The average Bonchev–Trinajstić information content (AvgIpc) is 2.81. The molecule has 0 aliphatic heterocycles. The maximum absolute atomic E-state index is 9.69. The van der Waals surface area contributed by atoms with E-state index >= 15 is 0 Å². The molecule has 3 nitrogen and oxygen atoms in total. The van der Waals surface area contributed by atoms with Crippen molar-refractivity contribution in [3.8, 4) is 28.9 Å². The zero-order valence-electron chi connectivity index (χ0n) is 8.27. The molecular weight excluding hydrogens is 270 g/mol. The number of alkyl halides is 1. The summed E-state index contributed by atoms with van der Waals surface area (Å²) >= 11 is 3.23. The zero-order chi connectivity index (χ0) is 11.4. The number of aromatic hydroxyl groups is 1. The minimum atomic E-state index is 0.154. The molecule has 0 bridgehead atoms. The van der Waals surface area contributed by atoms with E-state index in [1.165, 1.54) is 6.20 Å². The van der Waals surface area contributed by atoms with Crippen molar-refractivity contribution in [3.05, 3.63) is 36.0 Å². The third kappa shape index (κ3) is 2.26. The molecule has 1 aromatic heterocycles. The molecule has 0 radical (unpaired) electrons. The molecule has 0 atom stereocenters. The Bertz CT molecular complexity index is 538. The fraction of sp³-hybridized carbons (Fsp3) is 0.0833. The van der Waals surface area contributed by atoms with E-state index in [9.17, 15) is 5.11 Å². The Hall–Kier alpha value is -1.73. The van der Waals surface area contributed by atoms with Crippen molar-refractivity contribution in [2.75, 3.05) is 5.33 Å². The lowest BCUT2D eigenvalue weighted by molar-refractivity contribution is 0.426. The van der Waals surface area contributed by atoms with Crippen molar-refractivity contribution in [1.29, 1.82) is 0 Å². The number of hydrogen-bond donors (Lipinski definition) is 1. The summed E-state index contributed by atoms with van der Waals surface area (Å²) in [6, 6.07) is 6.81. The predicted molar refractivity (Wildman–Crippen MR) is 64.3 cm³/mol. The van der Waals surface area contributed by atoms with Crippen molar-refractivity contribution >= 4 is 15.9 Å². The minimum absolute atomic E-state index is 0.154. The molecule has 0 spiro atoms. The molecule has 0 aliphatic carbocycles. The molecule has 0 fully saturated rings. The molecule has 1 N–H and O–H groups in total. The van der Waals surface area contributed by atoms with E-state index < -0.39 is 0 Å². The maximum atomic E-state index is 9.69. The van der Waals surface area contributed by atoms with E-state index in [0.717, 1.165) is 5.56 Å². The molecule has 4 heteroatoms. The number of hydrogen-bond acceptors (Lipinski definition) is 3. The number of halogens is 1. The highest BCUT2D eigenvalue weighted by Crippen LogP contribution is 2.29. The van der Waals surface area contributed by atoms with Gasteiger partial charge in [0.1, 0.15) is 5.75 Å². The van der Waals surface area contributed by atoms with Crippen LogP contribution in [-0.2, 0) is 0 Å². The van der Waals surface area contributed by atoms with Crippen molar-refractivity contribution < 1.29 is 9.63 Å². The normalized spacial score (nSPS) is 9.56. The van der Waals surface area contributed by atoms with Gasteiger partial charge in [0.05, 0.1) is 17.1 Å². The smallest absolute Gasteiger partial charge is 0.170 e. The van der Waals surface area contributed by atoms with Gasteiger partial charge >= 0.3 is 0 Å². The zero-order valence-corrected chi connectivity index (χ0v) is 9.86. The van der Waals surface area contributed by atoms with E-state index in [2.05, 4.69) is 32.9 Å². The van der Waals surface area contributed by atoms with Gasteiger partial charge in [0, 0.05) is 11.6 Å². The van der Waals surface area contributed by atoms with Gasteiger partial charge in [-0.2, -0.15) is 0 Å². The Labute approximate surface area is 101 Å². The Morgan fingerprint density at radius 1 is 1.38 bits per heavy atom. The molecule has 1 heterocycles. The van der Waals surface area contributed by atoms with Crippen LogP contribution in [0.1, 0.15) is 5.56 Å². The number of phenols is 1. The van der Waals surface area contributed by atoms with Crippen LogP contribution < -0.4 is 0 Å². The second-order valence-electron chi connectivity index (χ2n) is 3.04. The lowest BCUT2D eigenvalue weighted by atomic mass is 10.1. The van der Waals surface area contributed by atoms with Gasteiger partial charge in [-0.25, -0.2) is 0 Å². The lowest BCUT2D eigenvalue weighted by Gasteiger charge is -2.00. The second kappa shape index (κ2) is 4.86. The summed E-state index contributed by atoms with van der Waals surface area (Å²) < 4.78 is 4.99. The maximum Gasteiger partial charge on any atom is 0.170 e. The van der Waals surface area contributed by atoms with E-state index in [1.54, 1.807) is 24.3 Å². The van der Waals surface area contributed by atoms with Crippen LogP contribution in [0.5, 0.6) is 5.75 Å².